The molecule has 0 spiro atoms. The molecule has 5 heteroatoms. The van der Waals surface area contributed by atoms with E-state index in [2.05, 4.69) is 12.2 Å². The van der Waals surface area contributed by atoms with Gasteiger partial charge in [0.15, 0.2) is 0 Å². The molecule has 1 aliphatic rings. The SMILES string of the molecule is CCCCN1C(=O)c2ccc(C(=O)N[C@H](C)CCC)cc2C1=O. The molecule has 0 bridgehead atoms. The molecule has 1 aliphatic heterocycles. The molecule has 23 heavy (non-hydrogen) atoms. The molecule has 0 saturated heterocycles. The Bertz CT molecular complexity index is 625. The summed E-state index contributed by atoms with van der Waals surface area (Å²) in [5.41, 5.74) is 1.15. The molecule has 0 saturated carbocycles. The molecule has 0 radical (unpaired) electrons. The summed E-state index contributed by atoms with van der Waals surface area (Å²) in [5, 5.41) is 2.91. The van der Waals surface area contributed by atoms with Crippen LogP contribution in [0, 0.1) is 0 Å². The lowest BCUT2D eigenvalue weighted by atomic mass is 10.0. The summed E-state index contributed by atoms with van der Waals surface area (Å²) >= 11 is 0. The van der Waals surface area contributed by atoms with E-state index in [0.29, 0.717) is 23.2 Å². The Morgan fingerprint density at radius 1 is 1.13 bits per heavy atom. The Kier molecular flexibility index (Phi) is 5.53. The van der Waals surface area contributed by atoms with Crippen molar-refractivity contribution in [3.8, 4) is 0 Å². The molecule has 2 rings (SSSR count). The van der Waals surface area contributed by atoms with Crippen molar-refractivity contribution in [2.45, 2.75) is 52.5 Å². The van der Waals surface area contributed by atoms with E-state index in [1.54, 1.807) is 12.1 Å². The largest absolute Gasteiger partial charge is 0.350 e. The third kappa shape index (κ3) is 3.60. The maximum absolute atomic E-state index is 12.4. The highest BCUT2D eigenvalue weighted by Gasteiger charge is 2.35. The summed E-state index contributed by atoms with van der Waals surface area (Å²) in [7, 11) is 0. The fourth-order valence-electron chi connectivity index (χ4n) is 2.76. The van der Waals surface area contributed by atoms with Crippen molar-refractivity contribution in [2.24, 2.45) is 0 Å². The number of hydrogen-bond acceptors (Lipinski definition) is 3. The van der Waals surface area contributed by atoms with Crippen LogP contribution >= 0.6 is 0 Å². The summed E-state index contributed by atoms with van der Waals surface area (Å²) in [6.45, 7) is 6.46. The zero-order valence-corrected chi connectivity index (χ0v) is 14.0. The van der Waals surface area contributed by atoms with Gasteiger partial charge in [-0.15, -0.1) is 0 Å². The Balaban J connectivity index is 2.18. The van der Waals surface area contributed by atoms with E-state index in [9.17, 15) is 14.4 Å². The van der Waals surface area contributed by atoms with Crippen LogP contribution in [-0.2, 0) is 0 Å². The van der Waals surface area contributed by atoms with E-state index in [1.807, 2.05) is 13.8 Å². The zero-order chi connectivity index (χ0) is 17.0. The lowest BCUT2D eigenvalue weighted by Crippen LogP contribution is -2.32. The fourth-order valence-corrected chi connectivity index (χ4v) is 2.76. The van der Waals surface area contributed by atoms with Crippen molar-refractivity contribution in [1.82, 2.24) is 10.2 Å². The summed E-state index contributed by atoms with van der Waals surface area (Å²) < 4.78 is 0. The van der Waals surface area contributed by atoms with Gasteiger partial charge in [0.05, 0.1) is 11.1 Å². The molecule has 0 aliphatic carbocycles. The first-order valence-electron chi connectivity index (χ1n) is 8.30. The number of imide groups is 1. The maximum Gasteiger partial charge on any atom is 0.261 e. The van der Waals surface area contributed by atoms with Crippen LogP contribution < -0.4 is 5.32 Å². The van der Waals surface area contributed by atoms with Gasteiger partial charge in [-0.1, -0.05) is 26.7 Å². The van der Waals surface area contributed by atoms with Crippen LogP contribution in [0.15, 0.2) is 18.2 Å². The highest BCUT2D eigenvalue weighted by atomic mass is 16.2. The number of carbonyl (C=O) groups is 3. The lowest BCUT2D eigenvalue weighted by Gasteiger charge is -2.13. The van der Waals surface area contributed by atoms with Crippen LogP contribution in [-0.4, -0.2) is 35.2 Å². The van der Waals surface area contributed by atoms with Crippen LogP contribution in [0.1, 0.15) is 77.5 Å². The smallest absolute Gasteiger partial charge is 0.261 e. The van der Waals surface area contributed by atoms with Gasteiger partial charge in [-0.25, -0.2) is 0 Å². The normalized spacial score (nSPS) is 14.8. The second-order valence-corrected chi connectivity index (χ2v) is 6.04. The molecular weight excluding hydrogens is 292 g/mol. The molecule has 3 amide bonds. The van der Waals surface area contributed by atoms with Gasteiger partial charge in [-0.3, -0.25) is 19.3 Å². The standard InChI is InChI=1S/C18H24N2O3/c1-4-6-10-20-17(22)14-9-8-13(11-15(14)18(20)23)16(21)19-12(3)7-5-2/h8-9,11-12H,4-7,10H2,1-3H3,(H,19,21)/t12-/m1/s1. The third-order valence-corrected chi connectivity index (χ3v) is 4.07. The Morgan fingerprint density at radius 2 is 1.83 bits per heavy atom. The number of carbonyl (C=O) groups excluding carboxylic acids is 3. The van der Waals surface area contributed by atoms with Crippen molar-refractivity contribution in [1.29, 1.82) is 0 Å². The molecule has 0 aromatic heterocycles. The minimum atomic E-state index is -0.297. The van der Waals surface area contributed by atoms with Crippen molar-refractivity contribution in [3.63, 3.8) is 0 Å². The Labute approximate surface area is 137 Å². The number of fused-ring (bicyclic) bond motifs is 1. The highest BCUT2D eigenvalue weighted by Crippen LogP contribution is 2.24. The minimum Gasteiger partial charge on any atom is -0.350 e. The number of rotatable bonds is 7. The van der Waals surface area contributed by atoms with Gasteiger partial charge < -0.3 is 5.32 Å². The Morgan fingerprint density at radius 3 is 2.48 bits per heavy atom. The summed E-state index contributed by atoms with van der Waals surface area (Å²) in [5.74, 6) is -0.763. The van der Waals surface area contributed by atoms with Gasteiger partial charge in [-0.2, -0.15) is 0 Å². The van der Waals surface area contributed by atoms with Gasteiger partial charge in [0, 0.05) is 18.2 Å². The van der Waals surface area contributed by atoms with Gasteiger partial charge >= 0.3 is 0 Å². The molecule has 1 N–H and O–H groups in total. The first-order chi connectivity index (χ1) is 11.0. The molecule has 1 heterocycles. The first kappa shape index (κ1) is 17.2. The van der Waals surface area contributed by atoms with Crippen molar-refractivity contribution >= 4 is 17.7 Å². The molecule has 5 nitrogen and oxygen atoms in total. The van der Waals surface area contributed by atoms with Crippen molar-refractivity contribution in [2.75, 3.05) is 6.54 Å². The predicted octanol–water partition coefficient (Wildman–Crippen LogP) is 3.00. The third-order valence-electron chi connectivity index (χ3n) is 4.07. The summed E-state index contributed by atoms with van der Waals surface area (Å²) in [6, 6.07) is 4.82. The number of amides is 3. The molecular formula is C18H24N2O3. The monoisotopic (exact) mass is 316 g/mol. The van der Waals surface area contributed by atoms with E-state index in [0.717, 1.165) is 25.7 Å². The molecule has 1 aromatic carbocycles. The van der Waals surface area contributed by atoms with E-state index >= 15 is 0 Å². The number of benzene rings is 1. The van der Waals surface area contributed by atoms with Crippen LogP contribution in [0.5, 0.6) is 0 Å². The molecule has 0 fully saturated rings. The molecule has 1 aromatic rings. The van der Waals surface area contributed by atoms with Crippen molar-refractivity contribution < 1.29 is 14.4 Å². The number of nitrogens with one attached hydrogen (secondary N) is 1. The van der Waals surface area contributed by atoms with Crippen LogP contribution in [0.3, 0.4) is 0 Å². The second-order valence-electron chi connectivity index (χ2n) is 6.04. The molecule has 0 unspecified atom stereocenters. The maximum atomic E-state index is 12.4. The van der Waals surface area contributed by atoms with Gasteiger partial charge in [0.25, 0.3) is 17.7 Å². The van der Waals surface area contributed by atoms with E-state index in [4.69, 9.17) is 0 Å². The van der Waals surface area contributed by atoms with Crippen LogP contribution in [0.2, 0.25) is 0 Å². The number of unbranched alkanes of at least 4 members (excludes halogenated alkanes) is 1. The van der Waals surface area contributed by atoms with Crippen LogP contribution in [0.4, 0.5) is 0 Å². The van der Waals surface area contributed by atoms with Crippen molar-refractivity contribution in [3.05, 3.63) is 34.9 Å². The van der Waals surface area contributed by atoms with Crippen LogP contribution in [0.25, 0.3) is 0 Å². The zero-order valence-electron chi connectivity index (χ0n) is 14.0. The number of hydrogen-bond donors (Lipinski definition) is 1. The molecule has 124 valence electrons. The van der Waals surface area contributed by atoms with E-state index < -0.39 is 0 Å². The minimum absolute atomic E-state index is 0.0825. The average molecular weight is 316 g/mol. The quantitative estimate of drug-likeness (QED) is 0.786. The first-order valence-corrected chi connectivity index (χ1v) is 8.30. The lowest BCUT2D eigenvalue weighted by molar-refractivity contribution is 0.0652. The second kappa shape index (κ2) is 7.40. The van der Waals surface area contributed by atoms with Gasteiger partial charge in [0.1, 0.15) is 0 Å². The highest BCUT2D eigenvalue weighted by molar-refractivity contribution is 6.22. The van der Waals surface area contributed by atoms with E-state index in [1.165, 1.54) is 11.0 Å². The van der Waals surface area contributed by atoms with E-state index in [-0.39, 0.29) is 23.8 Å². The fraction of sp³-hybridized carbons (Fsp3) is 0.500. The van der Waals surface area contributed by atoms with Gasteiger partial charge in [-0.05, 0) is 38.0 Å². The summed E-state index contributed by atoms with van der Waals surface area (Å²) in [6.07, 6.45) is 3.59. The Hall–Kier alpha value is -2.17. The average Bonchev–Trinajstić information content (AvgIpc) is 2.76. The van der Waals surface area contributed by atoms with Gasteiger partial charge in [0.2, 0.25) is 0 Å². The number of nitrogens with zero attached hydrogens (tertiary/aromatic N) is 1. The summed E-state index contributed by atoms with van der Waals surface area (Å²) in [4.78, 5) is 38.2. The topological polar surface area (TPSA) is 66.5 Å². The molecule has 1 atom stereocenters. The predicted molar refractivity (Wildman–Crippen MR) is 88.6 cm³/mol.